The van der Waals surface area contributed by atoms with Crippen LogP contribution in [-0.4, -0.2) is 21.2 Å². The van der Waals surface area contributed by atoms with Crippen LogP contribution in [0.2, 0.25) is 0 Å². The molecule has 5 heteroatoms. The molecule has 90 valence electrons. The van der Waals surface area contributed by atoms with Gasteiger partial charge in [-0.05, 0) is 25.5 Å². The van der Waals surface area contributed by atoms with E-state index < -0.39 is 0 Å². The van der Waals surface area contributed by atoms with Crippen LogP contribution in [0.1, 0.15) is 26.0 Å². The third-order valence-corrected chi connectivity index (χ3v) is 4.00. The van der Waals surface area contributed by atoms with E-state index in [1.54, 1.807) is 23.3 Å². The van der Waals surface area contributed by atoms with Gasteiger partial charge in [-0.15, -0.1) is 0 Å². The molecule has 1 aromatic heterocycles. The monoisotopic (exact) mass is 267 g/mol. The molecule has 0 radical (unpaired) electrons. The molecule has 1 saturated heterocycles. The summed E-state index contributed by atoms with van der Waals surface area (Å²) < 4.78 is 5.82. The predicted molar refractivity (Wildman–Crippen MR) is 73.5 cm³/mol. The fraction of sp³-hybridized carbons (Fsp3) is 0.333. The molecule has 17 heavy (non-hydrogen) atoms. The van der Waals surface area contributed by atoms with E-state index in [2.05, 4.69) is 0 Å². The van der Waals surface area contributed by atoms with E-state index in [1.165, 1.54) is 11.8 Å². The third kappa shape index (κ3) is 2.45. The lowest BCUT2D eigenvalue weighted by Crippen LogP contribution is -2.36. The molecule has 1 amide bonds. The molecule has 1 unspecified atom stereocenters. The van der Waals surface area contributed by atoms with Gasteiger partial charge in [-0.2, -0.15) is 0 Å². The lowest BCUT2D eigenvalue weighted by atomic mass is 10.2. The van der Waals surface area contributed by atoms with Crippen LogP contribution in [0.15, 0.2) is 27.7 Å². The molecule has 2 heterocycles. The minimum absolute atomic E-state index is 0.0225. The van der Waals surface area contributed by atoms with Gasteiger partial charge in [-0.3, -0.25) is 9.69 Å². The summed E-state index contributed by atoms with van der Waals surface area (Å²) >= 11 is 6.56. The maximum atomic E-state index is 12.2. The van der Waals surface area contributed by atoms with Crippen LogP contribution in [0.25, 0.3) is 6.08 Å². The smallest absolute Gasteiger partial charge is 0.266 e. The van der Waals surface area contributed by atoms with Crippen molar-refractivity contribution in [3.05, 3.63) is 29.1 Å². The topological polar surface area (TPSA) is 33.5 Å². The number of carbonyl (C=O) groups excluding carboxylic acids is 1. The molecular weight excluding hydrogens is 254 g/mol. The Kier molecular flexibility index (Phi) is 3.69. The van der Waals surface area contributed by atoms with Crippen molar-refractivity contribution in [3.8, 4) is 0 Å². The lowest BCUT2D eigenvalue weighted by Gasteiger charge is -2.21. The first kappa shape index (κ1) is 12.4. The second kappa shape index (κ2) is 5.06. The standard InChI is InChI=1S/C12H13NO2S2/c1-3-8(2)13-11(14)10(17-12(13)16)7-9-5-4-6-15-9/h4-8H,3H2,1-2H3. The van der Waals surface area contributed by atoms with Crippen molar-refractivity contribution < 1.29 is 9.21 Å². The number of carbonyl (C=O) groups is 1. The average molecular weight is 267 g/mol. The zero-order valence-electron chi connectivity index (χ0n) is 9.67. The van der Waals surface area contributed by atoms with E-state index in [0.29, 0.717) is 15.0 Å². The lowest BCUT2D eigenvalue weighted by molar-refractivity contribution is -0.123. The summed E-state index contributed by atoms with van der Waals surface area (Å²) in [5, 5.41) is 0. The van der Waals surface area contributed by atoms with Crippen LogP contribution in [-0.2, 0) is 4.79 Å². The molecular formula is C12H13NO2S2. The number of nitrogens with zero attached hydrogens (tertiary/aromatic N) is 1. The van der Waals surface area contributed by atoms with Gasteiger partial charge in [-0.25, -0.2) is 0 Å². The van der Waals surface area contributed by atoms with E-state index in [1.807, 2.05) is 19.9 Å². The Labute approximate surface area is 110 Å². The van der Waals surface area contributed by atoms with E-state index in [0.717, 1.165) is 6.42 Å². The molecule has 1 aliphatic heterocycles. The SMILES string of the molecule is CCC(C)N1C(=O)C(=Cc2ccco2)SC1=S. The molecule has 1 atom stereocenters. The van der Waals surface area contributed by atoms with Crippen molar-refractivity contribution in [1.82, 2.24) is 4.90 Å². The van der Waals surface area contributed by atoms with Crippen LogP contribution >= 0.6 is 24.0 Å². The zero-order chi connectivity index (χ0) is 12.4. The van der Waals surface area contributed by atoms with Crippen LogP contribution in [0.4, 0.5) is 0 Å². The highest BCUT2D eigenvalue weighted by Crippen LogP contribution is 2.34. The highest BCUT2D eigenvalue weighted by atomic mass is 32.2. The second-order valence-corrected chi connectivity index (χ2v) is 5.50. The number of thiocarbonyl (C=S) groups is 1. The van der Waals surface area contributed by atoms with Crippen molar-refractivity contribution in [1.29, 1.82) is 0 Å². The summed E-state index contributed by atoms with van der Waals surface area (Å²) in [6.07, 6.45) is 4.21. The zero-order valence-corrected chi connectivity index (χ0v) is 11.3. The Morgan fingerprint density at radius 2 is 2.41 bits per heavy atom. The molecule has 0 aliphatic carbocycles. The Morgan fingerprint density at radius 3 is 3.00 bits per heavy atom. The maximum Gasteiger partial charge on any atom is 0.266 e. The minimum atomic E-state index is -0.0225. The van der Waals surface area contributed by atoms with Gasteiger partial charge in [0.15, 0.2) is 0 Å². The first-order valence-electron chi connectivity index (χ1n) is 5.44. The summed E-state index contributed by atoms with van der Waals surface area (Å²) in [4.78, 5) is 14.5. The summed E-state index contributed by atoms with van der Waals surface area (Å²) in [5.74, 6) is 0.653. The maximum absolute atomic E-state index is 12.2. The van der Waals surface area contributed by atoms with Crippen molar-refractivity contribution >= 4 is 40.3 Å². The number of hydrogen-bond donors (Lipinski definition) is 0. The molecule has 0 aromatic carbocycles. The van der Waals surface area contributed by atoms with Gasteiger partial charge < -0.3 is 4.42 Å². The first-order valence-corrected chi connectivity index (χ1v) is 6.66. The Bertz CT molecular complexity index is 465. The summed E-state index contributed by atoms with van der Waals surface area (Å²) in [6, 6.07) is 3.75. The van der Waals surface area contributed by atoms with E-state index >= 15 is 0 Å². The summed E-state index contributed by atoms with van der Waals surface area (Å²) in [7, 11) is 0. The van der Waals surface area contributed by atoms with Crippen molar-refractivity contribution in [2.24, 2.45) is 0 Å². The van der Waals surface area contributed by atoms with Crippen LogP contribution in [0.5, 0.6) is 0 Å². The van der Waals surface area contributed by atoms with Gasteiger partial charge in [0.1, 0.15) is 10.1 Å². The Hall–Kier alpha value is -1.07. The molecule has 1 fully saturated rings. The average Bonchev–Trinajstić information content (AvgIpc) is 2.89. The molecule has 1 aromatic rings. The van der Waals surface area contributed by atoms with E-state index in [4.69, 9.17) is 16.6 Å². The highest BCUT2D eigenvalue weighted by Gasteiger charge is 2.34. The van der Waals surface area contributed by atoms with Gasteiger partial charge in [0.25, 0.3) is 5.91 Å². The largest absolute Gasteiger partial charge is 0.465 e. The van der Waals surface area contributed by atoms with E-state index in [-0.39, 0.29) is 11.9 Å². The Balaban J connectivity index is 2.24. The fourth-order valence-corrected chi connectivity index (χ4v) is 2.99. The molecule has 0 bridgehead atoms. The van der Waals surface area contributed by atoms with Crippen LogP contribution in [0.3, 0.4) is 0 Å². The first-order chi connectivity index (χ1) is 8.13. The highest BCUT2D eigenvalue weighted by molar-refractivity contribution is 8.26. The molecule has 2 rings (SSSR count). The third-order valence-electron chi connectivity index (χ3n) is 2.67. The molecule has 0 N–H and O–H groups in total. The van der Waals surface area contributed by atoms with Gasteiger partial charge in [0, 0.05) is 12.1 Å². The quantitative estimate of drug-likeness (QED) is 0.621. The van der Waals surface area contributed by atoms with Crippen molar-refractivity contribution in [3.63, 3.8) is 0 Å². The summed E-state index contributed by atoms with van der Waals surface area (Å²) in [5.41, 5.74) is 0. The number of furan rings is 1. The normalized spacial score (nSPS) is 20.4. The van der Waals surface area contributed by atoms with Gasteiger partial charge in [-0.1, -0.05) is 30.9 Å². The molecule has 0 saturated carbocycles. The second-order valence-electron chi connectivity index (χ2n) is 3.82. The van der Waals surface area contributed by atoms with Crippen molar-refractivity contribution in [2.45, 2.75) is 26.3 Å². The van der Waals surface area contributed by atoms with Crippen LogP contribution < -0.4 is 0 Å². The summed E-state index contributed by atoms with van der Waals surface area (Å²) in [6.45, 7) is 4.04. The molecule has 1 aliphatic rings. The van der Waals surface area contributed by atoms with Crippen molar-refractivity contribution in [2.75, 3.05) is 0 Å². The number of hydrogen-bond acceptors (Lipinski definition) is 4. The Morgan fingerprint density at radius 1 is 1.65 bits per heavy atom. The molecule has 0 spiro atoms. The van der Waals surface area contributed by atoms with E-state index in [9.17, 15) is 4.79 Å². The van der Waals surface area contributed by atoms with Gasteiger partial charge >= 0.3 is 0 Å². The molecule has 3 nitrogen and oxygen atoms in total. The van der Waals surface area contributed by atoms with Gasteiger partial charge in [0.2, 0.25) is 0 Å². The number of rotatable bonds is 3. The predicted octanol–water partition coefficient (Wildman–Crippen LogP) is 3.28. The number of amides is 1. The minimum Gasteiger partial charge on any atom is -0.465 e. The van der Waals surface area contributed by atoms with Gasteiger partial charge in [0.05, 0.1) is 11.2 Å². The fourth-order valence-electron chi connectivity index (χ4n) is 1.55. The number of thioether (sulfide) groups is 1. The van der Waals surface area contributed by atoms with Crippen LogP contribution in [0, 0.1) is 0 Å².